The Morgan fingerprint density at radius 3 is 2.76 bits per heavy atom. The summed E-state index contributed by atoms with van der Waals surface area (Å²) < 4.78 is 0.987. The molecular weight excluding hydrogens is 280 g/mol. The zero-order valence-corrected chi connectivity index (χ0v) is 11.5. The van der Waals surface area contributed by atoms with E-state index < -0.39 is 0 Å². The second-order valence-corrected chi connectivity index (χ2v) is 5.77. The van der Waals surface area contributed by atoms with Gasteiger partial charge in [-0.2, -0.15) is 0 Å². The smallest absolute Gasteiger partial charge is 0.251 e. The molecule has 0 saturated heterocycles. The second kappa shape index (κ2) is 4.78. The number of aryl methyl sites for hydroxylation is 1. The van der Waals surface area contributed by atoms with Gasteiger partial charge in [-0.15, -0.1) is 0 Å². The zero-order chi connectivity index (χ0) is 12.5. The van der Waals surface area contributed by atoms with Crippen LogP contribution in [0.5, 0.6) is 0 Å². The van der Waals surface area contributed by atoms with Crippen molar-refractivity contribution in [3.8, 4) is 0 Å². The number of rotatable bonds is 3. The molecule has 1 aliphatic rings. The first-order valence-electron chi connectivity index (χ1n) is 5.83. The Kier molecular flexibility index (Phi) is 3.54. The molecule has 2 rings (SSSR count). The summed E-state index contributed by atoms with van der Waals surface area (Å²) in [5, 5.41) is 2.92. The Balaban J connectivity index is 1.99. The van der Waals surface area contributed by atoms with Crippen LogP contribution in [0, 0.1) is 6.92 Å². The Bertz CT molecular complexity index is 441. The van der Waals surface area contributed by atoms with Gasteiger partial charge in [0, 0.05) is 22.1 Å². The molecule has 0 aliphatic heterocycles. The number of nitrogens with one attached hydrogen (secondary N) is 1. The molecule has 0 heterocycles. The van der Waals surface area contributed by atoms with Gasteiger partial charge in [-0.05, 0) is 49.9 Å². The average Bonchev–Trinajstić information content (AvgIpc) is 2.23. The van der Waals surface area contributed by atoms with E-state index in [1.165, 1.54) is 6.42 Å². The van der Waals surface area contributed by atoms with Gasteiger partial charge in [-0.1, -0.05) is 15.9 Å². The Morgan fingerprint density at radius 1 is 1.53 bits per heavy atom. The molecule has 1 amide bonds. The van der Waals surface area contributed by atoms with E-state index in [2.05, 4.69) is 21.2 Å². The lowest BCUT2D eigenvalue weighted by Gasteiger charge is -2.38. The normalized spacial score (nSPS) is 17.4. The molecule has 0 unspecified atom stereocenters. The monoisotopic (exact) mass is 296 g/mol. The first kappa shape index (κ1) is 12.6. The molecule has 1 fully saturated rings. The highest BCUT2D eigenvalue weighted by Crippen LogP contribution is 2.28. The van der Waals surface area contributed by atoms with E-state index in [1.54, 1.807) is 0 Å². The minimum Gasteiger partial charge on any atom is -0.350 e. The summed E-state index contributed by atoms with van der Waals surface area (Å²) in [4.78, 5) is 12.0. The van der Waals surface area contributed by atoms with E-state index in [-0.39, 0.29) is 11.4 Å². The van der Waals surface area contributed by atoms with Crippen LogP contribution >= 0.6 is 15.9 Å². The van der Waals surface area contributed by atoms with Crippen molar-refractivity contribution in [3.63, 3.8) is 0 Å². The molecule has 0 radical (unpaired) electrons. The fourth-order valence-electron chi connectivity index (χ4n) is 2.04. The Labute approximate surface area is 110 Å². The van der Waals surface area contributed by atoms with Gasteiger partial charge in [0.25, 0.3) is 5.91 Å². The fourth-order valence-corrected chi connectivity index (χ4v) is 2.52. The maximum absolute atomic E-state index is 12.0. The lowest BCUT2D eigenvalue weighted by Crippen LogP contribution is -2.54. The Morgan fingerprint density at radius 2 is 2.24 bits per heavy atom. The zero-order valence-electron chi connectivity index (χ0n) is 9.92. The number of carbonyl (C=O) groups is 1. The molecule has 3 nitrogen and oxygen atoms in total. The van der Waals surface area contributed by atoms with Gasteiger partial charge in [0.15, 0.2) is 0 Å². The van der Waals surface area contributed by atoms with Crippen LogP contribution in [0.15, 0.2) is 22.7 Å². The van der Waals surface area contributed by atoms with Crippen molar-refractivity contribution in [2.24, 2.45) is 5.73 Å². The van der Waals surface area contributed by atoms with Crippen molar-refractivity contribution in [2.45, 2.75) is 31.7 Å². The van der Waals surface area contributed by atoms with Gasteiger partial charge < -0.3 is 11.1 Å². The van der Waals surface area contributed by atoms with Crippen molar-refractivity contribution in [1.82, 2.24) is 5.32 Å². The highest BCUT2D eigenvalue weighted by molar-refractivity contribution is 9.10. The summed E-state index contributed by atoms with van der Waals surface area (Å²) in [5.41, 5.74) is 7.59. The SMILES string of the molecule is Cc1cc(Br)ccc1C(=O)NCC1(N)CCC1. The molecule has 3 N–H and O–H groups in total. The van der Waals surface area contributed by atoms with Crippen molar-refractivity contribution in [3.05, 3.63) is 33.8 Å². The summed E-state index contributed by atoms with van der Waals surface area (Å²) in [7, 11) is 0. The van der Waals surface area contributed by atoms with Crippen molar-refractivity contribution in [1.29, 1.82) is 0 Å². The summed E-state index contributed by atoms with van der Waals surface area (Å²) in [6.07, 6.45) is 3.18. The molecule has 1 saturated carbocycles. The fraction of sp³-hybridized carbons (Fsp3) is 0.462. The summed E-state index contributed by atoms with van der Waals surface area (Å²) in [6, 6.07) is 5.65. The largest absolute Gasteiger partial charge is 0.350 e. The van der Waals surface area contributed by atoms with E-state index in [4.69, 9.17) is 5.73 Å². The van der Waals surface area contributed by atoms with Crippen molar-refractivity contribution < 1.29 is 4.79 Å². The topological polar surface area (TPSA) is 55.1 Å². The predicted molar refractivity (Wildman–Crippen MR) is 72.0 cm³/mol. The third kappa shape index (κ3) is 2.87. The van der Waals surface area contributed by atoms with Crippen LogP contribution in [0.2, 0.25) is 0 Å². The van der Waals surface area contributed by atoms with Crippen LogP contribution in [0.4, 0.5) is 0 Å². The lowest BCUT2D eigenvalue weighted by molar-refractivity contribution is 0.0929. The number of benzene rings is 1. The molecule has 1 aromatic rings. The molecule has 17 heavy (non-hydrogen) atoms. The third-order valence-electron chi connectivity index (χ3n) is 3.38. The number of hydrogen-bond donors (Lipinski definition) is 2. The molecular formula is C13H17BrN2O. The summed E-state index contributed by atoms with van der Waals surface area (Å²) in [5.74, 6) is -0.0354. The summed E-state index contributed by atoms with van der Waals surface area (Å²) >= 11 is 3.38. The lowest BCUT2D eigenvalue weighted by atomic mass is 9.78. The maximum atomic E-state index is 12.0. The number of nitrogens with two attached hydrogens (primary N) is 1. The standard InChI is InChI=1S/C13H17BrN2O/c1-9-7-10(14)3-4-11(9)12(17)16-8-13(15)5-2-6-13/h3-4,7H,2,5-6,8,15H2,1H3,(H,16,17). The number of hydrogen-bond acceptors (Lipinski definition) is 2. The van der Waals surface area contributed by atoms with E-state index in [0.29, 0.717) is 6.54 Å². The van der Waals surface area contributed by atoms with E-state index >= 15 is 0 Å². The van der Waals surface area contributed by atoms with Crippen LogP contribution in [0.25, 0.3) is 0 Å². The van der Waals surface area contributed by atoms with Gasteiger partial charge in [0.2, 0.25) is 0 Å². The van der Waals surface area contributed by atoms with Gasteiger partial charge in [0.05, 0.1) is 0 Å². The quantitative estimate of drug-likeness (QED) is 0.900. The van der Waals surface area contributed by atoms with Crippen molar-refractivity contribution in [2.75, 3.05) is 6.54 Å². The van der Waals surface area contributed by atoms with E-state index in [9.17, 15) is 4.79 Å². The van der Waals surface area contributed by atoms with E-state index in [0.717, 1.165) is 28.4 Å². The maximum Gasteiger partial charge on any atom is 0.251 e. The first-order valence-corrected chi connectivity index (χ1v) is 6.63. The molecule has 4 heteroatoms. The molecule has 0 bridgehead atoms. The van der Waals surface area contributed by atoms with Gasteiger partial charge in [-0.3, -0.25) is 4.79 Å². The second-order valence-electron chi connectivity index (χ2n) is 4.86. The molecule has 0 spiro atoms. The highest BCUT2D eigenvalue weighted by Gasteiger charge is 2.32. The van der Waals surface area contributed by atoms with Crippen LogP contribution in [-0.2, 0) is 0 Å². The minimum absolute atomic E-state index is 0.0354. The van der Waals surface area contributed by atoms with Crippen molar-refractivity contribution >= 4 is 21.8 Å². The van der Waals surface area contributed by atoms with Gasteiger partial charge in [-0.25, -0.2) is 0 Å². The molecule has 0 atom stereocenters. The van der Waals surface area contributed by atoms with E-state index in [1.807, 2.05) is 25.1 Å². The number of amides is 1. The molecule has 0 aromatic heterocycles. The summed E-state index contributed by atoms with van der Waals surface area (Å²) in [6.45, 7) is 2.50. The molecule has 1 aromatic carbocycles. The first-order chi connectivity index (χ1) is 8.00. The predicted octanol–water partition coefficient (Wildman–Crippen LogP) is 2.37. The minimum atomic E-state index is -0.168. The average molecular weight is 297 g/mol. The van der Waals surface area contributed by atoms with Crippen LogP contribution in [0.1, 0.15) is 35.2 Å². The third-order valence-corrected chi connectivity index (χ3v) is 3.88. The van der Waals surface area contributed by atoms with Gasteiger partial charge in [0.1, 0.15) is 0 Å². The van der Waals surface area contributed by atoms with Crippen LogP contribution in [0.3, 0.4) is 0 Å². The highest BCUT2D eigenvalue weighted by atomic mass is 79.9. The Hall–Kier alpha value is -0.870. The number of halogens is 1. The van der Waals surface area contributed by atoms with Crippen LogP contribution in [-0.4, -0.2) is 18.0 Å². The van der Waals surface area contributed by atoms with Gasteiger partial charge >= 0.3 is 0 Å². The molecule has 92 valence electrons. The molecule has 1 aliphatic carbocycles. The van der Waals surface area contributed by atoms with Crippen LogP contribution < -0.4 is 11.1 Å². The number of carbonyl (C=O) groups excluding carboxylic acids is 1.